The van der Waals surface area contributed by atoms with E-state index in [4.69, 9.17) is 0 Å². The predicted molar refractivity (Wildman–Crippen MR) is 53.2 cm³/mol. The number of alkyl halides is 2. The summed E-state index contributed by atoms with van der Waals surface area (Å²) in [5.41, 5.74) is -2.54. The average Bonchev–Trinajstić information content (AvgIpc) is 2.27. The van der Waals surface area contributed by atoms with Crippen LogP contribution in [0.1, 0.15) is 17.7 Å². The van der Waals surface area contributed by atoms with Crippen LogP contribution < -0.4 is 0 Å². The number of aromatic nitrogens is 1. The molecule has 0 unspecified atom stereocenters. The Morgan fingerprint density at radius 2 is 2.28 bits per heavy atom. The van der Waals surface area contributed by atoms with Crippen LogP contribution in [-0.4, -0.2) is 28.1 Å². The summed E-state index contributed by atoms with van der Waals surface area (Å²) >= 11 is 0. The van der Waals surface area contributed by atoms with Gasteiger partial charge in [0.25, 0.3) is 6.43 Å². The summed E-state index contributed by atoms with van der Waals surface area (Å²) in [6, 6.07) is 0. The zero-order valence-corrected chi connectivity index (χ0v) is 9.09. The summed E-state index contributed by atoms with van der Waals surface area (Å²) in [4.78, 5) is 23.9. The lowest BCUT2D eigenvalue weighted by molar-refractivity contribution is -0.386. The number of ether oxygens (including phenoxy) is 1. The third kappa shape index (κ3) is 2.67. The second-order valence-electron chi connectivity index (χ2n) is 3.17. The van der Waals surface area contributed by atoms with Crippen LogP contribution in [0.25, 0.3) is 0 Å². The van der Waals surface area contributed by atoms with Crippen molar-refractivity contribution in [3.63, 3.8) is 0 Å². The molecule has 0 radical (unpaired) electrons. The average molecular weight is 262 g/mol. The van der Waals surface area contributed by atoms with E-state index in [0.717, 1.165) is 7.11 Å². The maximum atomic E-state index is 12.6. The van der Waals surface area contributed by atoms with Crippen molar-refractivity contribution in [3.8, 4) is 5.75 Å². The smallest absolute Gasteiger partial charge is 0.318 e. The number of esters is 1. The van der Waals surface area contributed by atoms with Gasteiger partial charge >= 0.3 is 11.7 Å². The van der Waals surface area contributed by atoms with E-state index in [0.29, 0.717) is 6.20 Å². The van der Waals surface area contributed by atoms with Crippen LogP contribution in [0.5, 0.6) is 5.75 Å². The summed E-state index contributed by atoms with van der Waals surface area (Å²) in [6.45, 7) is 0. The van der Waals surface area contributed by atoms with Gasteiger partial charge in [-0.15, -0.1) is 0 Å². The van der Waals surface area contributed by atoms with Crippen molar-refractivity contribution in [2.24, 2.45) is 0 Å². The molecule has 18 heavy (non-hydrogen) atoms. The second-order valence-corrected chi connectivity index (χ2v) is 3.17. The van der Waals surface area contributed by atoms with Crippen LogP contribution >= 0.6 is 0 Å². The number of carbonyl (C=O) groups excluding carboxylic acids is 1. The summed E-state index contributed by atoms with van der Waals surface area (Å²) < 4.78 is 29.5. The molecule has 0 saturated carbocycles. The Kier molecular flexibility index (Phi) is 4.08. The third-order valence-electron chi connectivity index (χ3n) is 2.10. The van der Waals surface area contributed by atoms with E-state index < -0.39 is 46.4 Å². The van der Waals surface area contributed by atoms with E-state index >= 15 is 0 Å². The first-order valence-corrected chi connectivity index (χ1v) is 4.58. The number of hydrogen-bond acceptors (Lipinski definition) is 6. The SMILES string of the molecule is COC(=O)Cc1c(C(F)F)ncc(O)c1[N+](=O)[O-]. The number of rotatable bonds is 4. The topological polar surface area (TPSA) is 103 Å². The minimum absolute atomic E-state index is 0.542. The molecule has 0 spiro atoms. The molecular formula is C9H8F2N2O5. The standard InChI is InChI=1S/C9H8F2N2O5/c1-18-6(15)2-4-7(9(10)11)12-3-5(14)8(4)13(16)17/h3,9,14H,2H2,1H3. The normalized spacial score (nSPS) is 10.4. The van der Waals surface area contributed by atoms with Gasteiger partial charge in [-0.25, -0.2) is 8.78 Å². The predicted octanol–water partition coefficient (Wildman–Crippen LogP) is 1.35. The van der Waals surface area contributed by atoms with Gasteiger partial charge in [-0.1, -0.05) is 0 Å². The number of aromatic hydroxyl groups is 1. The number of nitrogens with zero attached hydrogens (tertiary/aromatic N) is 2. The lowest BCUT2D eigenvalue weighted by Crippen LogP contribution is -2.11. The van der Waals surface area contributed by atoms with Crippen molar-refractivity contribution in [1.82, 2.24) is 4.98 Å². The van der Waals surface area contributed by atoms with Crippen molar-refractivity contribution in [2.75, 3.05) is 7.11 Å². The van der Waals surface area contributed by atoms with E-state index in [2.05, 4.69) is 9.72 Å². The second kappa shape index (κ2) is 5.34. The van der Waals surface area contributed by atoms with Gasteiger partial charge in [0.1, 0.15) is 5.69 Å². The van der Waals surface area contributed by atoms with Crippen molar-refractivity contribution < 1.29 is 28.3 Å². The van der Waals surface area contributed by atoms with Gasteiger partial charge in [0, 0.05) is 0 Å². The van der Waals surface area contributed by atoms with Gasteiger partial charge in [0.05, 0.1) is 30.2 Å². The molecule has 1 aromatic rings. The first kappa shape index (κ1) is 13.7. The third-order valence-corrected chi connectivity index (χ3v) is 2.10. The maximum Gasteiger partial charge on any atom is 0.318 e. The highest BCUT2D eigenvalue weighted by atomic mass is 19.3. The summed E-state index contributed by atoms with van der Waals surface area (Å²) in [5.74, 6) is -1.84. The number of hydrogen-bond donors (Lipinski definition) is 1. The lowest BCUT2D eigenvalue weighted by atomic mass is 10.1. The molecule has 0 saturated heterocycles. The molecule has 0 aromatic carbocycles. The molecule has 0 aliphatic rings. The maximum absolute atomic E-state index is 12.6. The van der Waals surface area contributed by atoms with E-state index in [1.54, 1.807) is 0 Å². The molecule has 1 N–H and O–H groups in total. The number of pyridine rings is 1. The van der Waals surface area contributed by atoms with Gasteiger partial charge in [-0.05, 0) is 0 Å². The molecule has 1 heterocycles. The monoisotopic (exact) mass is 262 g/mol. The Morgan fingerprint density at radius 3 is 2.72 bits per heavy atom. The largest absolute Gasteiger partial charge is 0.501 e. The van der Waals surface area contributed by atoms with Gasteiger partial charge < -0.3 is 9.84 Å². The van der Waals surface area contributed by atoms with E-state index in [9.17, 15) is 28.8 Å². The lowest BCUT2D eigenvalue weighted by Gasteiger charge is -2.08. The molecular weight excluding hydrogens is 254 g/mol. The zero-order valence-electron chi connectivity index (χ0n) is 9.09. The fourth-order valence-corrected chi connectivity index (χ4v) is 1.33. The van der Waals surface area contributed by atoms with Crippen molar-refractivity contribution in [2.45, 2.75) is 12.8 Å². The molecule has 9 heteroatoms. The van der Waals surface area contributed by atoms with Gasteiger partial charge in [-0.2, -0.15) is 0 Å². The molecule has 1 aromatic heterocycles. The van der Waals surface area contributed by atoms with E-state index in [-0.39, 0.29) is 0 Å². The summed E-state index contributed by atoms with van der Waals surface area (Å²) in [5, 5.41) is 20.0. The number of nitro groups is 1. The van der Waals surface area contributed by atoms with Crippen LogP contribution in [-0.2, 0) is 16.0 Å². The first-order chi connectivity index (χ1) is 8.38. The van der Waals surface area contributed by atoms with Crippen LogP contribution in [0, 0.1) is 10.1 Å². The van der Waals surface area contributed by atoms with Crippen molar-refractivity contribution >= 4 is 11.7 Å². The minimum Gasteiger partial charge on any atom is -0.501 e. The van der Waals surface area contributed by atoms with E-state index in [1.165, 1.54) is 0 Å². The van der Waals surface area contributed by atoms with Crippen LogP contribution in [0.4, 0.5) is 14.5 Å². The summed E-state index contributed by atoms with van der Waals surface area (Å²) in [7, 11) is 1.01. The zero-order chi connectivity index (χ0) is 13.9. The van der Waals surface area contributed by atoms with Crippen molar-refractivity contribution in [3.05, 3.63) is 27.6 Å². The van der Waals surface area contributed by atoms with Crippen LogP contribution in [0.15, 0.2) is 6.20 Å². The molecule has 0 amide bonds. The first-order valence-electron chi connectivity index (χ1n) is 4.58. The highest BCUT2D eigenvalue weighted by molar-refractivity contribution is 5.75. The van der Waals surface area contributed by atoms with Gasteiger partial charge in [0.2, 0.25) is 5.75 Å². The molecule has 0 aliphatic carbocycles. The minimum atomic E-state index is -3.11. The molecule has 7 nitrogen and oxygen atoms in total. The van der Waals surface area contributed by atoms with Crippen LogP contribution in [0.3, 0.4) is 0 Å². The molecule has 0 aliphatic heterocycles. The highest BCUT2D eigenvalue weighted by Crippen LogP contribution is 2.35. The van der Waals surface area contributed by atoms with Gasteiger partial charge in [-0.3, -0.25) is 19.9 Å². The Bertz CT molecular complexity index is 492. The molecule has 98 valence electrons. The molecule has 1 rings (SSSR count). The summed E-state index contributed by atoms with van der Waals surface area (Å²) in [6.07, 6.45) is -3.34. The molecule has 0 atom stereocenters. The number of halogens is 2. The number of carbonyl (C=O) groups is 1. The Labute approximate surface area is 99.2 Å². The van der Waals surface area contributed by atoms with Crippen LogP contribution in [0.2, 0.25) is 0 Å². The fourth-order valence-electron chi connectivity index (χ4n) is 1.33. The van der Waals surface area contributed by atoms with E-state index in [1.807, 2.05) is 0 Å². The fraction of sp³-hybridized carbons (Fsp3) is 0.333. The van der Waals surface area contributed by atoms with Gasteiger partial charge in [0.15, 0.2) is 0 Å². The quantitative estimate of drug-likeness (QED) is 0.499. The molecule has 0 fully saturated rings. The van der Waals surface area contributed by atoms with Crippen molar-refractivity contribution in [1.29, 1.82) is 0 Å². The molecule has 0 bridgehead atoms. The Hall–Kier alpha value is -2.32. The number of methoxy groups -OCH3 is 1. The highest BCUT2D eigenvalue weighted by Gasteiger charge is 2.29. The Balaban J connectivity index is 3.43. The Morgan fingerprint density at radius 1 is 1.67 bits per heavy atom.